The molecule has 24 heteroatoms. The van der Waals surface area contributed by atoms with Crippen LogP contribution in [0, 0.1) is 58.6 Å². The van der Waals surface area contributed by atoms with Crippen LogP contribution >= 0.6 is 0 Å². The van der Waals surface area contributed by atoms with Gasteiger partial charge in [0.1, 0.15) is 34.5 Å². The van der Waals surface area contributed by atoms with E-state index in [-0.39, 0.29) is 116 Å². The molecule has 17 N–H and O–H groups in total. The summed E-state index contributed by atoms with van der Waals surface area (Å²) < 4.78 is 20.2. The van der Waals surface area contributed by atoms with Crippen LogP contribution in [0.3, 0.4) is 0 Å². The minimum atomic E-state index is -0.557. The van der Waals surface area contributed by atoms with Crippen molar-refractivity contribution in [1.82, 2.24) is 0 Å². The number of aliphatic hydroxyl groups is 15. The number of non-ortho nitro benzene ring substituents is 1. The fourth-order valence-electron chi connectivity index (χ4n) is 9.62. The van der Waals surface area contributed by atoms with Crippen molar-refractivity contribution in [3.8, 4) is 34.5 Å². The highest BCUT2D eigenvalue weighted by Crippen LogP contribution is 2.31. The Kier molecular flexibility index (Phi) is 42.2. The average Bonchev–Trinajstić information content (AvgIpc) is 0.831. The number of aliphatic hydroxyl groups excluding tert-OH is 15. The molecule has 0 aromatic heterocycles. The number of hydrogen-bond acceptors (Lipinski definition) is 23. The number of hydrogen-bond donors (Lipinski definition) is 17. The molecule has 0 aliphatic heterocycles. The number of nitro benzene ring substituents is 1. The smallest absolute Gasteiger partial charge is 0.270 e. The molecule has 0 amide bonds. The van der Waals surface area contributed by atoms with Gasteiger partial charge in [-0.2, -0.15) is 0 Å². The van der Waals surface area contributed by atoms with Gasteiger partial charge in [0.05, 0.1) is 132 Å². The molecule has 538 valence electrons. The molecule has 0 aliphatic rings. The Labute approximate surface area is 572 Å². The largest absolute Gasteiger partial charge is 0.507 e. The first-order chi connectivity index (χ1) is 46.8. The SMILES string of the molecule is COc1cc(C)c(OC)c(CO)c1.COc1cc(CO)cc(CO)c1.COc1ccc(CO)cc1CO.Cc1cc(C)c(CO)c(C)c1CO.Cc1cc(CO)c(C)c(CO)c1O.Cc1cc(CO)c(O)c(CO)c1.O=[N+]([O-])c1cc(CO)cc(CO)c1.OCc1cccc(CO)c1. The van der Waals surface area contributed by atoms with Gasteiger partial charge in [0.25, 0.3) is 5.69 Å². The molecule has 0 aliphatic carbocycles. The first-order valence-corrected chi connectivity index (χ1v) is 30.5. The maximum atomic E-state index is 10.4. The summed E-state index contributed by atoms with van der Waals surface area (Å²) in [5, 5.41) is 163. The van der Waals surface area contributed by atoms with Crippen molar-refractivity contribution in [1.29, 1.82) is 0 Å². The number of ether oxygens (including phenoxy) is 4. The van der Waals surface area contributed by atoms with E-state index in [0.717, 1.165) is 95.0 Å². The molecule has 0 saturated heterocycles. The third-order valence-electron chi connectivity index (χ3n) is 14.9. The van der Waals surface area contributed by atoms with Gasteiger partial charge in [-0.25, -0.2) is 0 Å². The van der Waals surface area contributed by atoms with Crippen molar-refractivity contribution in [2.45, 2.75) is 148 Å². The van der Waals surface area contributed by atoms with E-state index in [0.29, 0.717) is 50.4 Å². The zero-order chi connectivity index (χ0) is 74.2. The lowest BCUT2D eigenvalue weighted by atomic mass is 9.94. The molecule has 8 aromatic rings. The van der Waals surface area contributed by atoms with E-state index < -0.39 is 4.92 Å². The second kappa shape index (κ2) is 47.3. The van der Waals surface area contributed by atoms with Crippen molar-refractivity contribution >= 4 is 5.69 Å². The van der Waals surface area contributed by atoms with Crippen LogP contribution < -0.4 is 18.9 Å². The summed E-state index contributed by atoms with van der Waals surface area (Å²) in [5.41, 5.74) is 16.7. The molecule has 0 heterocycles. The van der Waals surface area contributed by atoms with E-state index in [1.807, 2.05) is 65.0 Å². The zero-order valence-electron chi connectivity index (χ0n) is 57.6. The molecule has 0 bridgehead atoms. The van der Waals surface area contributed by atoms with Gasteiger partial charge in [-0.05, 0) is 180 Å². The summed E-state index contributed by atoms with van der Waals surface area (Å²) in [6, 6.07) is 32.5. The number of benzene rings is 8. The maximum Gasteiger partial charge on any atom is 0.270 e. The summed E-state index contributed by atoms with van der Waals surface area (Å²) in [7, 11) is 6.29. The third kappa shape index (κ3) is 28.1. The van der Waals surface area contributed by atoms with Crippen molar-refractivity contribution < 1.29 is 111 Å². The molecule has 0 saturated carbocycles. The van der Waals surface area contributed by atoms with Crippen LogP contribution in [0.1, 0.15) is 122 Å². The fraction of sp³-hybridized carbons (Fsp3) is 0.351. The van der Waals surface area contributed by atoms with E-state index >= 15 is 0 Å². The Morgan fingerprint density at radius 3 is 1.11 bits per heavy atom. The number of aryl methyl sites for hydroxylation is 5. The summed E-state index contributed by atoms with van der Waals surface area (Å²) >= 11 is 0. The third-order valence-corrected chi connectivity index (χ3v) is 14.9. The molecule has 0 unspecified atom stereocenters. The van der Waals surface area contributed by atoms with Crippen LogP contribution in [-0.4, -0.2) is 120 Å². The average molecular weight is 1370 g/mol. The van der Waals surface area contributed by atoms with Crippen LogP contribution in [0.5, 0.6) is 34.5 Å². The molecule has 0 atom stereocenters. The Bertz CT molecular complexity index is 3540. The lowest BCUT2D eigenvalue weighted by molar-refractivity contribution is -0.385. The van der Waals surface area contributed by atoms with Gasteiger partial charge in [0, 0.05) is 39.9 Å². The van der Waals surface area contributed by atoms with E-state index in [2.05, 4.69) is 0 Å². The zero-order valence-corrected chi connectivity index (χ0v) is 57.6. The highest BCUT2D eigenvalue weighted by atomic mass is 16.6. The first kappa shape index (κ1) is 87.4. The fourth-order valence-corrected chi connectivity index (χ4v) is 9.62. The minimum Gasteiger partial charge on any atom is -0.507 e. The quantitative estimate of drug-likeness (QED) is 0.0261. The van der Waals surface area contributed by atoms with Crippen molar-refractivity contribution in [3.63, 3.8) is 0 Å². The van der Waals surface area contributed by atoms with E-state index in [4.69, 9.17) is 95.5 Å². The second-order valence-electron chi connectivity index (χ2n) is 21.8. The van der Waals surface area contributed by atoms with Crippen LogP contribution in [-0.2, 0) is 99.1 Å². The van der Waals surface area contributed by atoms with E-state index in [1.54, 1.807) is 109 Å². The lowest BCUT2D eigenvalue weighted by Crippen LogP contribution is -2.01. The summed E-state index contributed by atoms with van der Waals surface area (Å²) in [6.07, 6.45) is 0. The van der Waals surface area contributed by atoms with Crippen molar-refractivity contribution in [2.75, 3.05) is 28.4 Å². The number of nitro groups is 1. The normalized spacial score (nSPS) is 10.1. The van der Waals surface area contributed by atoms with Crippen molar-refractivity contribution in [3.05, 3.63) is 248 Å². The number of phenols is 2. The van der Waals surface area contributed by atoms with Gasteiger partial charge < -0.3 is 106 Å². The van der Waals surface area contributed by atoms with Gasteiger partial charge in [-0.1, -0.05) is 66.2 Å². The highest BCUT2D eigenvalue weighted by Gasteiger charge is 2.14. The predicted molar refractivity (Wildman–Crippen MR) is 370 cm³/mol. The monoisotopic (exact) mass is 1370 g/mol. The Morgan fingerprint density at radius 2 is 0.735 bits per heavy atom. The summed E-state index contributed by atoms with van der Waals surface area (Å²) in [6.45, 7) is 11.9. The summed E-state index contributed by atoms with van der Waals surface area (Å²) in [5.74, 6) is 2.88. The number of methoxy groups -OCH3 is 4. The van der Waals surface area contributed by atoms with E-state index in [9.17, 15) is 20.3 Å². The van der Waals surface area contributed by atoms with E-state index in [1.165, 1.54) is 18.2 Å². The standard InChI is InChI=1S/C11H16O2.2C10H14O3.3C9H12O3.C8H9NO4.C8H10O2/c1-7-4-8(2)11(6-13)9(3)10(7)5-12;1-7-4-9(12-2)5-8(6-11)10(7)13-3;1-6-3-8(4-11)7(2)9(5-12)10(6)13;1-12-9-3-7(5-10)2-8(4-9)6-11;1-6-2-7(4-10)9(12)8(3-6)5-11;1-12-9-3-2-7(5-10)4-8(9)6-11;10-4-6-1-7(5-11)3-8(2-6)9(12)13;9-5-7-2-1-3-8(4-7)6-10/h4,12-13H,5-6H2,1-3H3;4-5,11H,6H2,1-3H3;3,11-13H,4-5H2,1-2H3;2-4,10-11H,5-6H2,1H3;2-3,10-12H,4-5H2,1H3;2-4,10-11H,5-6H2,1H3;1-3,10-11H,4-5H2;1-4,9-10H,5-6H2. The molecule has 0 fully saturated rings. The van der Waals surface area contributed by atoms with Crippen LogP contribution in [0.15, 0.2) is 115 Å². The van der Waals surface area contributed by atoms with Crippen molar-refractivity contribution in [2.24, 2.45) is 0 Å². The number of aromatic hydroxyl groups is 2. The van der Waals surface area contributed by atoms with Gasteiger partial charge in [0.15, 0.2) is 0 Å². The molecular weight excluding hydrogens is 1270 g/mol. The maximum absolute atomic E-state index is 10.4. The molecule has 24 nitrogen and oxygen atoms in total. The van der Waals surface area contributed by atoms with Gasteiger partial charge in [0.2, 0.25) is 0 Å². The van der Waals surface area contributed by atoms with Gasteiger partial charge >= 0.3 is 0 Å². The highest BCUT2D eigenvalue weighted by molar-refractivity contribution is 5.49. The molecule has 0 spiro atoms. The summed E-state index contributed by atoms with van der Waals surface area (Å²) in [4.78, 5) is 9.82. The molecule has 8 aromatic carbocycles. The Morgan fingerprint density at radius 1 is 0.327 bits per heavy atom. The molecule has 8 rings (SSSR count). The van der Waals surface area contributed by atoms with Crippen LogP contribution in [0.25, 0.3) is 0 Å². The van der Waals surface area contributed by atoms with Crippen LogP contribution in [0.4, 0.5) is 5.69 Å². The lowest BCUT2D eigenvalue weighted by Gasteiger charge is -2.14. The minimum absolute atomic E-state index is 0.00870. The second-order valence-corrected chi connectivity index (χ2v) is 21.8. The predicted octanol–water partition coefficient (Wildman–Crippen LogP) is 7.39. The first-order valence-electron chi connectivity index (χ1n) is 30.5. The van der Waals surface area contributed by atoms with Gasteiger partial charge in [-0.15, -0.1) is 0 Å². The molecule has 0 radical (unpaired) electrons. The number of rotatable bonds is 20. The van der Waals surface area contributed by atoms with Crippen LogP contribution in [0.2, 0.25) is 0 Å². The molecule has 98 heavy (non-hydrogen) atoms. The Balaban J connectivity index is 0.000000561. The number of nitrogens with zero attached hydrogens (tertiary/aromatic N) is 1. The Hall–Kier alpha value is -8.64. The molecular formula is C74H99NO23. The van der Waals surface area contributed by atoms with Gasteiger partial charge in [-0.3, -0.25) is 10.1 Å². The topological polar surface area (TPSA) is 424 Å².